The Morgan fingerprint density at radius 2 is 2.36 bits per heavy atom. The summed E-state index contributed by atoms with van der Waals surface area (Å²) >= 11 is 10.8. The smallest absolute Gasteiger partial charge is 0.173 e. The highest BCUT2D eigenvalue weighted by atomic mass is 35.5. The van der Waals surface area contributed by atoms with Crippen molar-refractivity contribution in [3.05, 3.63) is 23.5 Å². The molecule has 1 N–H and O–H groups in total. The van der Waals surface area contributed by atoms with Gasteiger partial charge >= 0.3 is 0 Å². The summed E-state index contributed by atoms with van der Waals surface area (Å²) in [5.41, 5.74) is 0.941. The van der Waals surface area contributed by atoms with Crippen molar-refractivity contribution in [1.82, 2.24) is 10.3 Å². The van der Waals surface area contributed by atoms with Crippen LogP contribution in [-0.4, -0.2) is 23.7 Å². The van der Waals surface area contributed by atoms with Gasteiger partial charge in [0.25, 0.3) is 0 Å². The van der Waals surface area contributed by atoms with E-state index in [0.717, 1.165) is 12.2 Å². The maximum Gasteiger partial charge on any atom is 0.173 e. The van der Waals surface area contributed by atoms with Gasteiger partial charge < -0.3 is 10.2 Å². The minimum Gasteiger partial charge on any atom is -0.365 e. The van der Waals surface area contributed by atoms with Crippen molar-refractivity contribution in [2.45, 2.75) is 6.92 Å². The molecule has 14 heavy (non-hydrogen) atoms. The van der Waals surface area contributed by atoms with Crippen molar-refractivity contribution in [3.63, 3.8) is 0 Å². The highest BCUT2D eigenvalue weighted by Crippen LogP contribution is 2.14. The van der Waals surface area contributed by atoms with Crippen molar-refractivity contribution in [3.8, 4) is 0 Å². The lowest BCUT2D eigenvalue weighted by Crippen LogP contribution is -2.37. The van der Waals surface area contributed by atoms with Gasteiger partial charge in [0.05, 0.1) is 11.9 Å². The largest absolute Gasteiger partial charge is 0.365 e. The molecule has 0 amide bonds. The number of halogens is 1. The van der Waals surface area contributed by atoms with E-state index in [2.05, 4.69) is 10.3 Å². The zero-order valence-electron chi connectivity index (χ0n) is 8.12. The van der Waals surface area contributed by atoms with E-state index in [1.165, 1.54) is 0 Å². The quantitative estimate of drug-likeness (QED) is 0.621. The molecule has 0 saturated heterocycles. The van der Waals surface area contributed by atoms with Gasteiger partial charge in [0.2, 0.25) is 0 Å². The Morgan fingerprint density at radius 3 is 2.79 bits per heavy atom. The van der Waals surface area contributed by atoms with Crippen molar-refractivity contribution in [2.75, 3.05) is 18.5 Å². The van der Waals surface area contributed by atoms with Crippen LogP contribution in [0.3, 0.4) is 0 Å². The second kappa shape index (κ2) is 5.12. The molecule has 1 aromatic heterocycles. The first-order chi connectivity index (χ1) is 6.69. The average molecular weight is 230 g/mol. The summed E-state index contributed by atoms with van der Waals surface area (Å²) in [5, 5.41) is 4.09. The molecule has 1 aromatic rings. The number of thiocarbonyl (C=S) groups is 1. The monoisotopic (exact) mass is 229 g/mol. The fourth-order valence-corrected chi connectivity index (χ4v) is 1.45. The van der Waals surface area contributed by atoms with Crippen molar-refractivity contribution < 1.29 is 0 Å². The van der Waals surface area contributed by atoms with Gasteiger partial charge in [-0.25, -0.2) is 4.98 Å². The minimum absolute atomic E-state index is 0.486. The maximum atomic E-state index is 5.69. The van der Waals surface area contributed by atoms with Crippen LogP contribution in [-0.2, 0) is 0 Å². The number of nitrogens with one attached hydrogen (secondary N) is 1. The number of hydrogen-bond acceptors (Lipinski definition) is 2. The third kappa shape index (κ3) is 2.56. The number of pyridine rings is 1. The Balaban J connectivity index is 2.89. The van der Waals surface area contributed by atoms with Gasteiger partial charge in [-0.3, -0.25) is 0 Å². The molecule has 0 aliphatic carbocycles. The van der Waals surface area contributed by atoms with E-state index in [4.69, 9.17) is 23.8 Å². The van der Waals surface area contributed by atoms with Crippen molar-refractivity contribution in [2.24, 2.45) is 0 Å². The van der Waals surface area contributed by atoms with Crippen LogP contribution in [0, 0.1) is 0 Å². The van der Waals surface area contributed by atoms with Gasteiger partial charge in [0.1, 0.15) is 5.15 Å². The lowest BCUT2D eigenvalue weighted by Gasteiger charge is -2.22. The van der Waals surface area contributed by atoms with Crippen LogP contribution >= 0.6 is 23.8 Å². The van der Waals surface area contributed by atoms with Gasteiger partial charge in [-0.2, -0.15) is 0 Å². The molecule has 3 nitrogen and oxygen atoms in total. The van der Waals surface area contributed by atoms with Gasteiger partial charge in [0, 0.05) is 13.6 Å². The Bertz CT molecular complexity index is 312. The van der Waals surface area contributed by atoms with Gasteiger partial charge in [-0.05, 0) is 31.3 Å². The van der Waals surface area contributed by atoms with Crippen LogP contribution in [0.2, 0.25) is 5.15 Å². The minimum atomic E-state index is 0.486. The average Bonchev–Trinajstić information content (AvgIpc) is 2.21. The van der Waals surface area contributed by atoms with Crippen LogP contribution in [0.25, 0.3) is 0 Å². The number of hydrogen-bond donors (Lipinski definition) is 1. The first-order valence-corrected chi connectivity index (χ1v) is 5.08. The molecule has 0 aliphatic rings. The third-order valence-electron chi connectivity index (χ3n) is 1.80. The molecule has 0 aliphatic heterocycles. The summed E-state index contributed by atoms with van der Waals surface area (Å²) in [5.74, 6) is 0. The van der Waals surface area contributed by atoms with Crippen LogP contribution in [0.15, 0.2) is 18.3 Å². The van der Waals surface area contributed by atoms with E-state index in [9.17, 15) is 0 Å². The summed E-state index contributed by atoms with van der Waals surface area (Å²) < 4.78 is 0. The van der Waals surface area contributed by atoms with Gasteiger partial charge in [0.15, 0.2) is 5.11 Å². The first-order valence-electron chi connectivity index (χ1n) is 4.29. The number of anilines is 1. The molecule has 0 bridgehead atoms. The second-order valence-electron chi connectivity index (χ2n) is 2.64. The third-order valence-corrected chi connectivity index (χ3v) is 2.45. The Labute approximate surface area is 94.1 Å². The summed E-state index contributed by atoms with van der Waals surface area (Å²) in [6.07, 6.45) is 1.70. The molecule has 5 heteroatoms. The summed E-state index contributed by atoms with van der Waals surface area (Å²) in [7, 11) is 1.80. The van der Waals surface area contributed by atoms with E-state index < -0.39 is 0 Å². The number of aromatic nitrogens is 1. The summed E-state index contributed by atoms with van der Waals surface area (Å²) in [4.78, 5) is 5.94. The Morgan fingerprint density at radius 1 is 1.64 bits per heavy atom. The topological polar surface area (TPSA) is 28.2 Å². The molecule has 0 saturated carbocycles. The molecule has 0 atom stereocenters. The van der Waals surface area contributed by atoms with E-state index in [0.29, 0.717) is 10.3 Å². The molecule has 76 valence electrons. The molecule has 1 heterocycles. The standard InChI is InChI=1S/C9H12ClN3S/c1-3-13(9(14)11-2)7-4-5-8(10)12-6-7/h4-6H,3H2,1-2H3,(H,11,14). The van der Waals surface area contributed by atoms with Crippen molar-refractivity contribution in [1.29, 1.82) is 0 Å². The zero-order chi connectivity index (χ0) is 10.6. The van der Waals surface area contributed by atoms with E-state index in [-0.39, 0.29) is 0 Å². The highest BCUT2D eigenvalue weighted by molar-refractivity contribution is 7.80. The van der Waals surface area contributed by atoms with Gasteiger partial charge in [-0.1, -0.05) is 11.6 Å². The van der Waals surface area contributed by atoms with Crippen LogP contribution in [0.4, 0.5) is 5.69 Å². The predicted molar refractivity (Wildman–Crippen MR) is 63.9 cm³/mol. The van der Waals surface area contributed by atoms with E-state index in [1.54, 1.807) is 19.3 Å². The van der Waals surface area contributed by atoms with Crippen LogP contribution in [0.5, 0.6) is 0 Å². The van der Waals surface area contributed by atoms with Crippen molar-refractivity contribution >= 4 is 34.6 Å². The normalized spacial score (nSPS) is 9.64. The lowest BCUT2D eigenvalue weighted by molar-refractivity contribution is 1.01. The number of rotatable bonds is 2. The fourth-order valence-electron chi connectivity index (χ4n) is 1.11. The molecule has 1 rings (SSSR count). The maximum absolute atomic E-state index is 5.69. The predicted octanol–water partition coefficient (Wildman–Crippen LogP) is 2.07. The van der Waals surface area contributed by atoms with E-state index in [1.807, 2.05) is 17.9 Å². The second-order valence-corrected chi connectivity index (χ2v) is 3.41. The molecule has 0 spiro atoms. The first kappa shape index (κ1) is 11.2. The lowest BCUT2D eigenvalue weighted by atomic mass is 10.4. The summed E-state index contributed by atoms with van der Waals surface area (Å²) in [6.45, 7) is 2.82. The molecule has 0 unspecified atom stereocenters. The Kier molecular flexibility index (Phi) is 4.10. The molecule has 0 aromatic carbocycles. The van der Waals surface area contributed by atoms with E-state index >= 15 is 0 Å². The van der Waals surface area contributed by atoms with Crippen LogP contribution < -0.4 is 10.2 Å². The number of nitrogens with zero attached hydrogens (tertiary/aromatic N) is 2. The fraction of sp³-hybridized carbons (Fsp3) is 0.333. The van der Waals surface area contributed by atoms with Gasteiger partial charge in [-0.15, -0.1) is 0 Å². The molecular weight excluding hydrogens is 218 g/mol. The highest BCUT2D eigenvalue weighted by Gasteiger charge is 2.08. The SMILES string of the molecule is CCN(C(=S)NC)c1ccc(Cl)nc1. The molecule has 0 fully saturated rings. The molecular formula is C9H12ClN3S. The zero-order valence-corrected chi connectivity index (χ0v) is 9.69. The molecule has 0 radical (unpaired) electrons. The van der Waals surface area contributed by atoms with Crippen LogP contribution in [0.1, 0.15) is 6.92 Å². The Hall–Kier alpha value is -0.870. The summed E-state index contributed by atoms with van der Waals surface area (Å²) in [6, 6.07) is 3.64.